The van der Waals surface area contributed by atoms with Crippen molar-refractivity contribution < 1.29 is 23.1 Å². The Hall–Kier alpha value is -1.64. The van der Waals surface area contributed by atoms with Gasteiger partial charge < -0.3 is 10.8 Å². The quantitative estimate of drug-likeness (QED) is 0.842. The van der Waals surface area contributed by atoms with Gasteiger partial charge in [-0.3, -0.25) is 4.79 Å². The van der Waals surface area contributed by atoms with E-state index < -0.39 is 27.9 Å². The Balaban J connectivity index is 2.59. The summed E-state index contributed by atoms with van der Waals surface area (Å²) in [6.07, 6.45) is 0.859. The lowest BCUT2D eigenvalue weighted by Gasteiger charge is -2.23. The summed E-state index contributed by atoms with van der Waals surface area (Å²) in [6, 6.07) is 1.46. The van der Waals surface area contributed by atoms with E-state index in [0.717, 1.165) is 4.31 Å². The van der Waals surface area contributed by atoms with Gasteiger partial charge in [0.1, 0.15) is 6.04 Å². The number of rotatable bonds is 4. The van der Waals surface area contributed by atoms with E-state index in [9.17, 15) is 18.0 Å². The molecule has 7 nitrogen and oxygen atoms in total. The highest BCUT2D eigenvalue weighted by molar-refractivity contribution is 7.89. The summed E-state index contributed by atoms with van der Waals surface area (Å²) < 4.78 is 26.5. The number of benzene rings is 1. The molecule has 120 valence electrons. The largest absolute Gasteiger partial charge is 0.478 e. The summed E-state index contributed by atoms with van der Waals surface area (Å²) in [5.74, 6) is -2.00. The molecule has 1 atom stereocenters. The van der Waals surface area contributed by atoms with Crippen molar-refractivity contribution in [1.82, 2.24) is 4.31 Å². The maximum atomic E-state index is 12.8. The van der Waals surface area contributed by atoms with E-state index in [4.69, 9.17) is 22.4 Å². The number of hydrogen-bond acceptors (Lipinski definition) is 4. The molecule has 0 unspecified atom stereocenters. The molecular weight excluding hydrogens is 332 g/mol. The van der Waals surface area contributed by atoms with Crippen LogP contribution in [0.5, 0.6) is 0 Å². The molecule has 1 heterocycles. The number of carboxylic acid groups (broad SMARTS) is 1. The Morgan fingerprint density at radius 2 is 2.05 bits per heavy atom. The molecule has 22 heavy (non-hydrogen) atoms. The van der Waals surface area contributed by atoms with Crippen molar-refractivity contribution >= 4 is 33.5 Å². The lowest BCUT2D eigenvalue weighted by molar-refractivity contribution is -0.121. The summed E-state index contributed by atoms with van der Waals surface area (Å²) in [5.41, 5.74) is 5.13. The van der Waals surface area contributed by atoms with Crippen molar-refractivity contribution in [1.29, 1.82) is 0 Å². The standard InChI is InChI=1S/C13H15ClN2O5S/c1-7-9(13(18)19)5-8(14)6-11(7)22(20,21)16-4-2-3-10(16)12(15)17/h5-6,10H,2-4H2,1H3,(H2,15,17)(H,18,19)/t10-/m1/s1. The molecule has 1 aliphatic rings. The minimum Gasteiger partial charge on any atom is -0.478 e. The van der Waals surface area contributed by atoms with Crippen LogP contribution in [0.1, 0.15) is 28.8 Å². The van der Waals surface area contributed by atoms with E-state index in [2.05, 4.69) is 0 Å². The second-order valence-corrected chi connectivity index (χ2v) is 7.35. The number of carboxylic acids is 1. The molecule has 1 aliphatic heterocycles. The number of primary amides is 1. The van der Waals surface area contributed by atoms with Crippen molar-refractivity contribution in [3.05, 3.63) is 28.3 Å². The van der Waals surface area contributed by atoms with Crippen molar-refractivity contribution in [2.75, 3.05) is 6.54 Å². The molecule has 3 N–H and O–H groups in total. The maximum Gasteiger partial charge on any atom is 0.336 e. The second-order valence-electron chi connectivity index (χ2n) is 5.06. The number of halogens is 1. The minimum atomic E-state index is -4.06. The van der Waals surface area contributed by atoms with Gasteiger partial charge in [0.25, 0.3) is 0 Å². The zero-order valence-corrected chi connectivity index (χ0v) is 13.3. The van der Waals surface area contributed by atoms with Crippen molar-refractivity contribution in [3.63, 3.8) is 0 Å². The molecule has 0 saturated carbocycles. The van der Waals surface area contributed by atoms with Crippen molar-refractivity contribution in [2.45, 2.75) is 30.7 Å². The van der Waals surface area contributed by atoms with E-state index in [1.807, 2.05) is 0 Å². The Bertz CT molecular complexity index is 747. The van der Waals surface area contributed by atoms with E-state index in [1.165, 1.54) is 19.1 Å². The molecule has 0 aliphatic carbocycles. The van der Waals surface area contributed by atoms with E-state index in [-0.39, 0.29) is 27.6 Å². The fourth-order valence-corrected chi connectivity index (χ4v) is 4.80. The smallest absolute Gasteiger partial charge is 0.336 e. The number of hydrogen-bond donors (Lipinski definition) is 2. The van der Waals surface area contributed by atoms with E-state index in [0.29, 0.717) is 12.8 Å². The average Bonchev–Trinajstić information content (AvgIpc) is 2.90. The van der Waals surface area contributed by atoms with Crippen molar-refractivity contribution in [2.24, 2.45) is 5.73 Å². The Labute approximate surface area is 132 Å². The van der Waals surface area contributed by atoms with Crippen LogP contribution in [-0.2, 0) is 14.8 Å². The predicted octanol–water partition coefficient (Wildman–Crippen LogP) is 0.985. The van der Waals surface area contributed by atoms with Gasteiger partial charge in [0.05, 0.1) is 10.5 Å². The number of carbonyl (C=O) groups is 2. The van der Waals surface area contributed by atoms with Gasteiger partial charge in [-0.1, -0.05) is 11.6 Å². The number of carbonyl (C=O) groups excluding carboxylic acids is 1. The van der Waals surface area contributed by atoms with Gasteiger partial charge in [0, 0.05) is 11.6 Å². The van der Waals surface area contributed by atoms with Crippen LogP contribution < -0.4 is 5.73 Å². The molecule has 2 rings (SSSR count). The predicted molar refractivity (Wildman–Crippen MR) is 79.3 cm³/mol. The van der Waals surface area contributed by atoms with Gasteiger partial charge in [-0.2, -0.15) is 4.31 Å². The zero-order chi connectivity index (χ0) is 16.7. The molecule has 0 aromatic heterocycles. The van der Waals surface area contributed by atoms with Crippen LogP contribution in [0, 0.1) is 6.92 Å². The summed E-state index contributed by atoms with van der Waals surface area (Å²) in [7, 11) is -4.06. The van der Waals surface area contributed by atoms with Gasteiger partial charge >= 0.3 is 5.97 Å². The fraction of sp³-hybridized carbons (Fsp3) is 0.385. The molecular formula is C13H15ClN2O5S. The normalized spacial score (nSPS) is 19.3. The van der Waals surface area contributed by atoms with Gasteiger partial charge in [-0.15, -0.1) is 0 Å². The number of amides is 1. The first-order valence-electron chi connectivity index (χ1n) is 6.51. The Kier molecular flexibility index (Phi) is 4.46. The summed E-state index contributed by atoms with van der Waals surface area (Å²) in [5, 5.41) is 9.14. The third-order valence-corrected chi connectivity index (χ3v) is 5.93. The first kappa shape index (κ1) is 16.7. The molecule has 1 amide bonds. The summed E-state index contributed by atoms with van der Waals surface area (Å²) in [6.45, 7) is 1.55. The third kappa shape index (κ3) is 2.81. The molecule has 1 fully saturated rings. The maximum absolute atomic E-state index is 12.8. The lowest BCUT2D eigenvalue weighted by atomic mass is 10.1. The first-order valence-corrected chi connectivity index (χ1v) is 8.32. The highest BCUT2D eigenvalue weighted by Gasteiger charge is 2.39. The minimum absolute atomic E-state index is 0.00334. The monoisotopic (exact) mass is 346 g/mol. The number of nitrogens with zero attached hydrogens (tertiary/aromatic N) is 1. The second kappa shape index (κ2) is 5.86. The van der Waals surface area contributed by atoms with Crippen LogP contribution in [0.2, 0.25) is 5.02 Å². The van der Waals surface area contributed by atoms with Crippen LogP contribution in [0.4, 0.5) is 0 Å². The van der Waals surface area contributed by atoms with E-state index in [1.54, 1.807) is 0 Å². The molecule has 1 saturated heterocycles. The van der Waals surface area contributed by atoms with Crippen LogP contribution in [0.25, 0.3) is 0 Å². The van der Waals surface area contributed by atoms with Gasteiger partial charge in [-0.05, 0) is 37.5 Å². The molecule has 0 bridgehead atoms. The van der Waals surface area contributed by atoms with Crippen LogP contribution in [-0.4, -0.2) is 42.3 Å². The summed E-state index contributed by atoms with van der Waals surface area (Å²) in [4.78, 5) is 22.4. The summed E-state index contributed by atoms with van der Waals surface area (Å²) >= 11 is 5.84. The molecule has 9 heteroatoms. The fourth-order valence-electron chi connectivity index (χ4n) is 2.58. The van der Waals surface area contributed by atoms with Crippen LogP contribution in [0.3, 0.4) is 0 Å². The number of nitrogens with two attached hydrogens (primary N) is 1. The Morgan fingerprint density at radius 1 is 1.41 bits per heavy atom. The van der Waals surface area contributed by atoms with Crippen LogP contribution >= 0.6 is 11.6 Å². The molecule has 0 spiro atoms. The number of aromatic carboxylic acids is 1. The van der Waals surface area contributed by atoms with E-state index >= 15 is 0 Å². The molecule has 1 aromatic rings. The topological polar surface area (TPSA) is 118 Å². The Morgan fingerprint density at radius 3 is 2.59 bits per heavy atom. The molecule has 0 radical (unpaired) electrons. The zero-order valence-electron chi connectivity index (χ0n) is 11.7. The number of sulfonamides is 1. The third-order valence-electron chi connectivity index (χ3n) is 3.67. The van der Waals surface area contributed by atoms with Gasteiger partial charge in [0.2, 0.25) is 15.9 Å². The SMILES string of the molecule is Cc1c(C(=O)O)cc(Cl)cc1S(=O)(=O)N1CCC[C@@H]1C(N)=O. The van der Waals surface area contributed by atoms with Gasteiger partial charge in [-0.25, -0.2) is 13.2 Å². The highest BCUT2D eigenvalue weighted by atomic mass is 35.5. The molecule has 1 aromatic carbocycles. The average molecular weight is 347 g/mol. The van der Waals surface area contributed by atoms with Gasteiger partial charge in [0.15, 0.2) is 0 Å². The van der Waals surface area contributed by atoms with Crippen molar-refractivity contribution in [3.8, 4) is 0 Å². The lowest BCUT2D eigenvalue weighted by Crippen LogP contribution is -2.43. The van der Waals surface area contributed by atoms with Crippen LogP contribution in [0.15, 0.2) is 17.0 Å². The highest BCUT2D eigenvalue weighted by Crippen LogP contribution is 2.31. The first-order chi connectivity index (χ1) is 10.2.